The van der Waals surface area contributed by atoms with Crippen molar-refractivity contribution in [3.05, 3.63) is 59.1 Å². The van der Waals surface area contributed by atoms with Crippen LogP contribution in [0.1, 0.15) is 10.4 Å². The second kappa shape index (κ2) is 5.14. The number of pyridine rings is 1. The summed E-state index contributed by atoms with van der Waals surface area (Å²) in [5.74, 6) is -0.733. The molecule has 0 bridgehead atoms. The molecule has 0 aliphatic heterocycles. The summed E-state index contributed by atoms with van der Waals surface area (Å²) in [7, 11) is 1.56. The van der Waals surface area contributed by atoms with E-state index in [1.165, 1.54) is 23.2 Å². The Kier molecular flexibility index (Phi) is 3.58. The maximum Gasteiger partial charge on any atom is 0.261 e. The van der Waals surface area contributed by atoms with Crippen LogP contribution in [0.3, 0.4) is 0 Å². The predicted octanol–water partition coefficient (Wildman–Crippen LogP) is 3.15. The van der Waals surface area contributed by atoms with E-state index >= 15 is 0 Å². The summed E-state index contributed by atoms with van der Waals surface area (Å²) >= 11 is 5.85. The molecule has 0 spiro atoms. The number of hydrogen-bond donors (Lipinski definition) is 0. The minimum atomic E-state index is -0.399. The highest BCUT2D eigenvalue weighted by molar-refractivity contribution is 6.33. The molecular formula is C13H10ClFN2O. The smallest absolute Gasteiger partial charge is 0.261 e. The molecule has 1 heterocycles. The van der Waals surface area contributed by atoms with Gasteiger partial charge in [0.1, 0.15) is 11.0 Å². The quantitative estimate of drug-likeness (QED) is 0.781. The van der Waals surface area contributed by atoms with Crippen molar-refractivity contribution in [2.24, 2.45) is 0 Å². The lowest BCUT2D eigenvalue weighted by Gasteiger charge is -2.17. The molecule has 0 aliphatic carbocycles. The number of anilines is 1. The molecule has 0 aliphatic rings. The number of hydrogen-bond acceptors (Lipinski definition) is 2. The lowest BCUT2D eigenvalue weighted by atomic mass is 10.2. The van der Waals surface area contributed by atoms with Gasteiger partial charge in [0.2, 0.25) is 0 Å². The van der Waals surface area contributed by atoms with Crippen LogP contribution >= 0.6 is 11.6 Å². The fraction of sp³-hybridized carbons (Fsp3) is 0.0769. The Morgan fingerprint density at radius 1 is 1.33 bits per heavy atom. The zero-order chi connectivity index (χ0) is 13.1. The summed E-state index contributed by atoms with van der Waals surface area (Å²) in [4.78, 5) is 17.3. The maximum atomic E-state index is 13.1. The van der Waals surface area contributed by atoms with E-state index < -0.39 is 5.82 Å². The average molecular weight is 265 g/mol. The second-order valence-corrected chi connectivity index (χ2v) is 4.04. The molecular weight excluding hydrogens is 255 g/mol. The highest BCUT2D eigenvalue weighted by Gasteiger charge is 2.17. The van der Waals surface area contributed by atoms with E-state index in [2.05, 4.69) is 4.98 Å². The largest absolute Gasteiger partial charge is 0.311 e. The van der Waals surface area contributed by atoms with Gasteiger partial charge in [-0.05, 0) is 30.3 Å². The van der Waals surface area contributed by atoms with E-state index in [1.807, 2.05) is 0 Å². The van der Waals surface area contributed by atoms with E-state index in [0.717, 1.165) is 0 Å². The molecule has 3 nitrogen and oxygen atoms in total. The lowest BCUT2D eigenvalue weighted by Crippen LogP contribution is -2.26. The van der Waals surface area contributed by atoms with Crippen molar-refractivity contribution < 1.29 is 9.18 Å². The molecule has 1 aromatic heterocycles. The summed E-state index contributed by atoms with van der Waals surface area (Å²) in [6.45, 7) is 0. The van der Waals surface area contributed by atoms with E-state index in [-0.39, 0.29) is 16.6 Å². The molecule has 2 rings (SSSR count). The summed E-state index contributed by atoms with van der Waals surface area (Å²) in [6.07, 6.45) is 1.50. The summed E-state index contributed by atoms with van der Waals surface area (Å²) < 4.78 is 13.1. The maximum absolute atomic E-state index is 13.1. The van der Waals surface area contributed by atoms with Crippen molar-refractivity contribution in [1.29, 1.82) is 0 Å². The fourth-order valence-electron chi connectivity index (χ4n) is 1.53. The standard InChI is InChI=1S/C13H10ClFN2O/c1-17(10-5-2-4-9(15)8-10)13(18)11-6-3-7-16-12(11)14/h2-8H,1H3. The number of halogens is 2. The number of amides is 1. The fourth-order valence-corrected chi connectivity index (χ4v) is 1.73. The summed E-state index contributed by atoms with van der Waals surface area (Å²) in [6, 6.07) is 8.98. The van der Waals surface area contributed by atoms with Crippen molar-refractivity contribution >= 4 is 23.2 Å². The SMILES string of the molecule is CN(C(=O)c1cccnc1Cl)c1cccc(F)c1. The number of nitrogens with zero attached hydrogens (tertiary/aromatic N) is 2. The van der Waals surface area contributed by atoms with Gasteiger partial charge in [-0.15, -0.1) is 0 Å². The normalized spacial score (nSPS) is 10.2. The molecule has 1 aromatic carbocycles. The highest BCUT2D eigenvalue weighted by Crippen LogP contribution is 2.19. The van der Waals surface area contributed by atoms with E-state index in [1.54, 1.807) is 31.3 Å². The summed E-state index contributed by atoms with van der Waals surface area (Å²) in [5.41, 5.74) is 0.742. The van der Waals surface area contributed by atoms with Crippen LogP contribution in [0.25, 0.3) is 0 Å². The lowest BCUT2D eigenvalue weighted by molar-refractivity contribution is 0.0993. The topological polar surface area (TPSA) is 33.2 Å². The third-order valence-corrected chi connectivity index (χ3v) is 2.79. The first-order valence-corrected chi connectivity index (χ1v) is 5.61. The molecule has 0 N–H and O–H groups in total. The zero-order valence-electron chi connectivity index (χ0n) is 9.60. The van der Waals surface area contributed by atoms with Gasteiger partial charge in [-0.1, -0.05) is 17.7 Å². The molecule has 18 heavy (non-hydrogen) atoms. The third kappa shape index (κ3) is 2.49. The Hall–Kier alpha value is -1.94. The first kappa shape index (κ1) is 12.5. The Morgan fingerprint density at radius 3 is 2.78 bits per heavy atom. The third-order valence-electron chi connectivity index (χ3n) is 2.49. The van der Waals surface area contributed by atoms with E-state index in [9.17, 15) is 9.18 Å². The molecule has 5 heteroatoms. The number of rotatable bonds is 2. The molecule has 0 fully saturated rings. The van der Waals surface area contributed by atoms with Crippen LogP contribution in [0.4, 0.5) is 10.1 Å². The monoisotopic (exact) mass is 264 g/mol. The van der Waals surface area contributed by atoms with E-state index in [0.29, 0.717) is 5.69 Å². The van der Waals surface area contributed by atoms with Crippen molar-refractivity contribution in [3.8, 4) is 0 Å². The molecule has 0 unspecified atom stereocenters. The molecule has 92 valence electrons. The van der Waals surface area contributed by atoms with Gasteiger partial charge in [0.25, 0.3) is 5.91 Å². The average Bonchev–Trinajstić information content (AvgIpc) is 2.37. The Balaban J connectivity index is 2.32. The minimum Gasteiger partial charge on any atom is -0.311 e. The van der Waals surface area contributed by atoms with Gasteiger partial charge in [0.15, 0.2) is 0 Å². The number of carbonyl (C=O) groups is 1. The Labute approximate surface area is 109 Å². The van der Waals surface area contributed by atoms with Gasteiger partial charge in [-0.25, -0.2) is 9.37 Å². The van der Waals surface area contributed by atoms with Crippen molar-refractivity contribution in [3.63, 3.8) is 0 Å². The second-order valence-electron chi connectivity index (χ2n) is 3.69. The van der Waals surface area contributed by atoms with Gasteiger partial charge < -0.3 is 4.90 Å². The van der Waals surface area contributed by atoms with Gasteiger partial charge >= 0.3 is 0 Å². The van der Waals surface area contributed by atoms with Crippen molar-refractivity contribution in [2.75, 3.05) is 11.9 Å². The number of carbonyl (C=O) groups excluding carboxylic acids is 1. The van der Waals surface area contributed by atoms with Gasteiger partial charge in [-0.3, -0.25) is 4.79 Å². The van der Waals surface area contributed by atoms with Crippen LogP contribution in [-0.2, 0) is 0 Å². The van der Waals surface area contributed by atoms with Crippen LogP contribution in [0.2, 0.25) is 5.15 Å². The molecule has 1 amide bonds. The minimum absolute atomic E-state index is 0.130. The van der Waals surface area contributed by atoms with Crippen LogP contribution < -0.4 is 4.90 Å². The number of aromatic nitrogens is 1. The molecule has 0 saturated heterocycles. The summed E-state index contributed by atoms with van der Waals surface area (Å²) in [5, 5.41) is 0.130. The van der Waals surface area contributed by atoms with Crippen LogP contribution in [0, 0.1) is 5.82 Å². The van der Waals surface area contributed by atoms with Crippen LogP contribution in [-0.4, -0.2) is 17.9 Å². The molecule has 0 saturated carbocycles. The van der Waals surface area contributed by atoms with Gasteiger partial charge in [0.05, 0.1) is 5.56 Å². The van der Waals surface area contributed by atoms with Gasteiger partial charge in [0, 0.05) is 18.9 Å². The van der Waals surface area contributed by atoms with Crippen LogP contribution in [0.5, 0.6) is 0 Å². The van der Waals surface area contributed by atoms with Gasteiger partial charge in [-0.2, -0.15) is 0 Å². The molecule has 2 aromatic rings. The van der Waals surface area contributed by atoms with Crippen molar-refractivity contribution in [2.45, 2.75) is 0 Å². The molecule has 0 radical (unpaired) electrons. The predicted molar refractivity (Wildman–Crippen MR) is 68.4 cm³/mol. The zero-order valence-corrected chi connectivity index (χ0v) is 10.4. The first-order chi connectivity index (χ1) is 8.59. The van der Waals surface area contributed by atoms with Crippen molar-refractivity contribution in [1.82, 2.24) is 4.98 Å². The van der Waals surface area contributed by atoms with E-state index in [4.69, 9.17) is 11.6 Å². The first-order valence-electron chi connectivity index (χ1n) is 5.24. The molecule has 0 atom stereocenters. The van der Waals surface area contributed by atoms with Crippen LogP contribution in [0.15, 0.2) is 42.6 Å². The highest BCUT2D eigenvalue weighted by atomic mass is 35.5. The number of benzene rings is 1. The Morgan fingerprint density at radius 2 is 2.11 bits per heavy atom. The Bertz CT molecular complexity index is 589.